The molecule has 0 aliphatic carbocycles. The highest BCUT2D eigenvalue weighted by molar-refractivity contribution is 5.30. The maximum absolute atomic E-state index is 5.79. The van der Waals surface area contributed by atoms with Crippen LogP contribution in [0.4, 0.5) is 0 Å². The second kappa shape index (κ2) is 6.66. The van der Waals surface area contributed by atoms with E-state index in [2.05, 4.69) is 39.0 Å². The van der Waals surface area contributed by atoms with Gasteiger partial charge in [-0.1, -0.05) is 31.5 Å². The Morgan fingerprint density at radius 2 is 2.12 bits per heavy atom. The van der Waals surface area contributed by atoms with Crippen LogP contribution in [-0.4, -0.2) is 6.10 Å². The van der Waals surface area contributed by atoms with E-state index in [1.165, 1.54) is 23.1 Å². The summed E-state index contributed by atoms with van der Waals surface area (Å²) in [7, 11) is 0. The molecule has 1 aromatic carbocycles. The first kappa shape index (κ1) is 13.2. The summed E-state index contributed by atoms with van der Waals surface area (Å²) in [6.45, 7) is 7.74. The first-order valence-electron chi connectivity index (χ1n) is 6.07. The van der Waals surface area contributed by atoms with Crippen molar-refractivity contribution in [2.24, 2.45) is 5.73 Å². The van der Waals surface area contributed by atoms with E-state index in [4.69, 9.17) is 10.5 Å². The number of aryl methyl sites for hydroxylation is 1. The van der Waals surface area contributed by atoms with Gasteiger partial charge in [-0.2, -0.15) is 0 Å². The zero-order valence-electron chi connectivity index (χ0n) is 10.6. The maximum Gasteiger partial charge on any atom is 0.0723 e. The summed E-state index contributed by atoms with van der Waals surface area (Å²) in [5.74, 6) is 0. The highest BCUT2D eigenvalue weighted by Gasteiger charge is 2.03. The largest absolute Gasteiger partial charge is 0.374 e. The van der Waals surface area contributed by atoms with Gasteiger partial charge in [0.15, 0.2) is 0 Å². The lowest BCUT2D eigenvalue weighted by Gasteiger charge is -2.13. The van der Waals surface area contributed by atoms with Gasteiger partial charge in [0.25, 0.3) is 0 Å². The van der Waals surface area contributed by atoms with E-state index in [1.54, 1.807) is 0 Å². The quantitative estimate of drug-likeness (QED) is 0.801. The minimum atomic E-state index is 0.346. The van der Waals surface area contributed by atoms with E-state index in [1.807, 2.05) is 0 Å². The molecule has 0 bridgehead atoms. The zero-order chi connectivity index (χ0) is 12.0. The summed E-state index contributed by atoms with van der Waals surface area (Å²) in [6, 6.07) is 6.34. The van der Waals surface area contributed by atoms with Crippen LogP contribution in [0.5, 0.6) is 0 Å². The van der Waals surface area contributed by atoms with Gasteiger partial charge in [0.1, 0.15) is 0 Å². The Balaban J connectivity index is 2.54. The Kier molecular flexibility index (Phi) is 5.50. The number of ether oxygens (including phenoxy) is 1. The van der Waals surface area contributed by atoms with Crippen molar-refractivity contribution < 1.29 is 4.74 Å². The number of nitrogens with two attached hydrogens (primary N) is 1. The average Bonchev–Trinajstić information content (AvgIpc) is 2.27. The van der Waals surface area contributed by atoms with Crippen LogP contribution in [0.1, 0.15) is 43.4 Å². The molecule has 16 heavy (non-hydrogen) atoms. The first-order valence-corrected chi connectivity index (χ1v) is 6.07. The third-order valence-corrected chi connectivity index (χ3v) is 2.86. The van der Waals surface area contributed by atoms with Crippen molar-refractivity contribution in [1.82, 2.24) is 0 Å². The van der Waals surface area contributed by atoms with Gasteiger partial charge in [-0.3, -0.25) is 0 Å². The van der Waals surface area contributed by atoms with Crippen LogP contribution < -0.4 is 5.73 Å². The van der Waals surface area contributed by atoms with Crippen LogP contribution in [0.2, 0.25) is 0 Å². The molecule has 2 nitrogen and oxygen atoms in total. The van der Waals surface area contributed by atoms with Gasteiger partial charge in [-0.05, 0) is 37.0 Å². The van der Waals surface area contributed by atoms with Gasteiger partial charge >= 0.3 is 0 Å². The fourth-order valence-electron chi connectivity index (χ4n) is 1.77. The molecule has 0 aromatic heterocycles. The van der Waals surface area contributed by atoms with Crippen LogP contribution >= 0.6 is 0 Å². The molecule has 0 saturated heterocycles. The van der Waals surface area contributed by atoms with E-state index in [0.717, 1.165) is 6.42 Å². The molecule has 90 valence electrons. The molecular formula is C14H23NO. The van der Waals surface area contributed by atoms with Gasteiger partial charge < -0.3 is 10.5 Å². The summed E-state index contributed by atoms with van der Waals surface area (Å²) >= 11 is 0. The van der Waals surface area contributed by atoms with Crippen LogP contribution in [0, 0.1) is 6.92 Å². The number of hydrogen-bond donors (Lipinski definition) is 1. The van der Waals surface area contributed by atoms with Crippen molar-refractivity contribution in [3.8, 4) is 0 Å². The lowest BCUT2D eigenvalue weighted by atomic mass is 10.1. The van der Waals surface area contributed by atoms with Crippen LogP contribution in [0.15, 0.2) is 18.2 Å². The Hall–Kier alpha value is -0.860. The van der Waals surface area contributed by atoms with Gasteiger partial charge in [0, 0.05) is 6.54 Å². The Morgan fingerprint density at radius 3 is 2.69 bits per heavy atom. The lowest BCUT2D eigenvalue weighted by Crippen LogP contribution is -2.08. The van der Waals surface area contributed by atoms with Crippen molar-refractivity contribution in [3.05, 3.63) is 34.9 Å². The van der Waals surface area contributed by atoms with Gasteiger partial charge in [-0.15, -0.1) is 0 Å². The first-order chi connectivity index (χ1) is 7.67. The van der Waals surface area contributed by atoms with Crippen molar-refractivity contribution in [1.29, 1.82) is 0 Å². The molecular weight excluding hydrogens is 198 g/mol. The molecule has 1 aromatic rings. The van der Waals surface area contributed by atoms with Gasteiger partial charge in [0.2, 0.25) is 0 Å². The summed E-state index contributed by atoms with van der Waals surface area (Å²) < 4.78 is 5.79. The van der Waals surface area contributed by atoms with E-state index >= 15 is 0 Å². The van der Waals surface area contributed by atoms with Crippen LogP contribution in [0.3, 0.4) is 0 Å². The second-order valence-corrected chi connectivity index (χ2v) is 4.38. The molecule has 0 aliphatic rings. The molecule has 2 N–H and O–H groups in total. The molecule has 1 unspecified atom stereocenters. The maximum atomic E-state index is 5.79. The topological polar surface area (TPSA) is 35.2 Å². The van der Waals surface area contributed by atoms with Crippen molar-refractivity contribution in [3.63, 3.8) is 0 Å². The predicted octanol–water partition coefficient (Wildman–Crippen LogP) is 3.16. The molecule has 0 fully saturated rings. The molecule has 0 amide bonds. The number of benzene rings is 1. The smallest absolute Gasteiger partial charge is 0.0723 e. The zero-order valence-corrected chi connectivity index (χ0v) is 10.6. The van der Waals surface area contributed by atoms with E-state index in [9.17, 15) is 0 Å². The Labute approximate surface area is 98.8 Å². The fourth-order valence-corrected chi connectivity index (χ4v) is 1.77. The Morgan fingerprint density at radius 1 is 1.38 bits per heavy atom. The van der Waals surface area contributed by atoms with E-state index in [0.29, 0.717) is 19.3 Å². The summed E-state index contributed by atoms with van der Waals surface area (Å²) in [4.78, 5) is 0. The molecule has 1 rings (SSSR count). The third-order valence-electron chi connectivity index (χ3n) is 2.86. The molecule has 0 saturated carbocycles. The molecule has 1 atom stereocenters. The predicted molar refractivity (Wildman–Crippen MR) is 68.2 cm³/mol. The van der Waals surface area contributed by atoms with Gasteiger partial charge in [-0.25, -0.2) is 0 Å². The summed E-state index contributed by atoms with van der Waals surface area (Å²) in [5, 5.41) is 0. The van der Waals surface area contributed by atoms with Crippen LogP contribution in [-0.2, 0) is 17.9 Å². The fraction of sp³-hybridized carbons (Fsp3) is 0.571. The van der Waals surface area contributed by atoms with E-state index < -0.39 is 0 Å². The summed E-state index contributed by atoms with van der Waals surface area (Å²) in [5.41, 5.74) is 9.32. The van der Waals surface area contributed by atoms with Crippen LogP contribution in [0.25, 0.3) is 0 Å². The Bertz CT molecular complexity index is 323. The lowest BCUT2D eigenvalue weighted by molar-refractivity contribution is 0.0469. The molecule has 0 aliphatic heterocycles. The highest BCUT2D eigenvalue weighted by Crippen LogP contribution is 2.13. The van der Waals surface area contributed by atoms with Crippen molar-refractivity contribution in [2.75, 3.05) is 0 Å². The third kappa shape index (κ3) is 3.95. The van der Waals surface area contributed by atoms with Crippen molar-refractivity contribution in [2.45, 2.75) is 52.9 Å². The SMILES string of the molecule is CCCC(C)OCc1ccc(CN)cc1C. The number of rotatable bonds is 6. The van der Waals surface area contributed by atoms with Crippen molar-refractivity contribution >= 4 is 0 Å². The normalized spacial score (nSPS) is 12.8. The monoisotopic (exact) mass is 221 g/mol. The molecule has 0 spiro atoms. The molecule has 0 heterocycles. The minimum Gasteiger partial charge on any atom is -0.374 e. The standard InChI is InChI=1S/C14H23NO/c1-4-5-12(3)16-10-14-7-6-13(9-15)8-11(14)2/h6-8,12H,4-5,9-10,15H2,1-3H3. The van der Waals surface area contributed by atoms with Gasteiger partial charge in [0.05, 0.1) is 12.7 Å². The molecule has 0 radical (unpaired) electrons. The number of hydrogen-bond acceptors (Lipinski definition) is 2. The summed E-state index contributed by atoms with van der Waals surface area (Å²) in [6.07, 6.45) is 2.64. The second-order valence-electron chi connectivity index (χ2n) is 4.38. The minimum absolute atomic E-state index is 0.346. The average molecular weight is 221 g/mol. The highest BCUT2D eigenvalue weighted by atomic mass is 16.5. The molecule has 2 heteroatoms. The van der Waals surface area contributed by atoms with E-state index in [-0.39, 0.29) is 0 Å².